The predicted molar refractivity (Wildman–Crippen MR) is 200 cm³/mol. The molecule has 3 atom stereocenters. The van der Waals surface area contributed by atoms with Crippen LogP contribution in [0.1, 0.15) is 124 Å². The van der Waals surface area contributed by atoms with E-state index in [4.69, 9.17) is 19.3 Å². The van der Waals surface area contributed by atoms with Gasteiger partial charge in [0.15, 0.2) is 6.10 Å². The number of rotatable bonds is 31. The van der Waals surface area contributed by atoms with Gasteiger partial charge < -0.3 is 29.5 Å². The number of hydrogen-bond acceptors (Lipinski definition) is 8. The highest BCUT2D eigenvalue weighted by molar-refractivity contribution is 7.46. The third-order valence-electron chi connectivity index (χ3n) is 7.34. The lowest BCUT2D eigenvalue weighted by molar-refractivity contribution is -0.161. The van der Waals surface area contributed by atoms with E-state index in [-0.39, 0.29) is 19.4 Å². The Morgan fingerprint density at radius 3 is 1.96 bits per heavy atom. The van der Waals surface area contributed by atoms with Crippen molar-refractivity contribution in [1.29, 1.82) is 0 Å². The van der Waals surface area contributed by atoms with Crippen LogP contribution in [0.5, 0.6) is 0 Å². The fourth-order valence-corrected chi connectivity index (χ4v) is 4.95. The molecule has 0 saturated heterocycles. The highest BCUT2D eigenvalue weighted by atomic mass is 31.2. The molecule has 0 bridgehead atoms. The number of esters is 2. The van der Waals surface area contributed by atoms with Crippen LogP contribution in [-0.4, -0.2) is 63.5 Å². The zero-order chi connectivity index (χ0) is 37.3. The first-order valence-corrected chi connectivity index (χ1v) is 19.9. The Kier molecular flexibility index (Phi) is 30.7. The van der Waals surface area contributed by atoms with Gasteiger partial charge in [-0.25, -0.2) is 4.57 Å². The molecule has 0 fully saturated rings. The maximum atomic E-state index is 12.3. The minimum absolute atomic E-state index is 0.0225. The Morgan fingerprint density at radius 2 is 1.32 bits per heavy atom. The van der Waals surface area contributed by atoms with E-state index in [9.17, 15) is 24.4 Å². The molecule has 0 aromatic carbocycles. The van der Waals surface area contributed by atoms with Gasteiger partial charge in [-0.3, -0.25) is 14.1 Å². The second-order valence-corrected chi connectivity index (χ2v) is 13.9. The van der Waals surface area contributed by atoms with Crippen LogP contribution in [0, 0.1) is 5.92 Å². The van der Waals surface area contributed by atoms with Crippen molar-refractivity contribution in [2.75, 3.05) is 13.2 Å². The highest BCUT2D eigenvalue weighted by Crippen LogP contribution is 2.36. The molecule has 11 heteroatoms. The Hall–Kier alpha value is -2.59. The molecule has 0 heterocycles. The Bertz CT molecular complexity index is 1090. The summed E-state index contributed by atoms with van der Waals surface area (Å²) in [4.78, 5) is 42.6. The lowest BCUT2D eigenvalue weighted by atomic mass is 10.0. The van der Waals surface area contributed by atoms with E-state index in [2.05, 4.69) is 18.4 Å². The van der Waals surface area contributed by atoms with Crippen LogP contribution >= 0.6 is 7.82 Å². The molecule has 0 aliphatic carbocycles. The van der Waals surface area contributed by atoms with Crippen molar-refractivity contribution in [2.24, 2.45) is 5.92 Å². The average Bonchev–Trinajstić information content (AvgIpc) is 3.05. The van der Waals surface area contributed by atoms with Crippen LogP contribution in [0.4, 0.5) is 0 Å². The van der Waals surface area contributed by atoms with Gasteiger partial charge in [-0.15, -0.1) is 0 Å². The third kappa shape index (κ3) is 35.2. The summed E-state index contributed by atoms with van der Waals surface area (Å²) in [6.45, 7) is 5.57. The number of aliphatic hydroxyl groups excluding tert-OH is 2. The molecule has 0 amide bonds. The van der Waals surface area contributed by atoms with Crippen molar-refractivity contribution >= 4 is 19.8 Å². The zero-order valence-electron chi connectivity index (χ0n) is 30.7. The summed E-state index contributed by atoms with van der Waals surface area (Å²) in [6, 6.07) is 0. The number of ether oxygens (including phenoxy) is 2. The lowest BCUT2D eigenvalue weighted by Gasteiger charge is -2.18. The molecule has 0 spiro atoms. The van der Waals surface area contributed by atoms with Crippen LogP contribution in [0.15, 0.2) is 72.9 Å². The number of carbonyl (C=O) groups excluding carboxylic acids is 2. The number of hydrogen-bond donors (Lipinski definition) is 4. The van der Waals surface area contributed by atoms with Crippen molar-refractivity contribution in [3.63, 3.8) is 0 Å². The van der Waals surface area contributed by atoms with Gasteiger partial charge in [0.25, 0.3) is 0 Å². The number of carbonyl (C=O) groups is 2. The quantitative estimate of drug-likeness (QED) is 0.0179. The molecular formula is C39H65O10P. The molecule has 0 saturated carbocycles. The molecule has 0 aromatic rings. The smallest absolute Gasteiger partial charge is 0.462 e. The first-order chi connectivity index (χ1) is 23.9. The van der Waals surface area contributed by atoms with Gasteiger partial charge in [0.2, 0.25) is 0 Å². The van der Waals surface area contributed by atoms with E-state index in [1.165, 1.54) is 32.1 Å². The van der Waals surface area contributed by atoms with E-state index < -0.39 is 44.7 Å². The molecule has 0 aliphatic rings. The first kappa shape index (κ1) is 47.4. The van der Waals surface area contributed by atoms with Crippen LogP contribution in [0.3, 0.4) is 0 Å². The summed E-state index contributed by atoms with van der Waals surface area (Å²) in [7, 11) is -4.81. The second kappa shape index (κ2) is 32.3. The van der Waals surface area contributed by atoms with Crippen LogP contribution < -0.4 is 0 Å². The second-order valence-electron chi connectivity index (χ2n) is 12.7. The fraction of sp³-hybridized carbons (Fsp3) is 0.641. The molecule has 0 rings (SSSR count). The fourth-order valence-electron chi connectivity index (χ4n) is 4.59. The summed E-state index contributed by atoms with van der Waals surface area (Å²) >= 11 is 0. The molecule has 0 aromatic heterocycles. The molecule has 10 nitrogen and oxygen atoms in total. The zero-order valence-corrected chi connectivity index (χ0v) is 31.5. The van der Waals surface area contributed by atoms with Crippen LogP contribution in [0.25, 0.3) is 0 Å². The molecule has 4 N–H and O–H groups in total. The maximum absolute atomic E-state index is 12.3. The third-order valence-corrected chi connectivity index (χ3v) is 7.83. The van der Waals surface area contributed by atoms with Gasteiger partial charge in [-0.05, 0) is 44.4 Å². The Balaban J connectivity index is 4.30. The molecule has 0 radical (unpaired) electrons. The Morgan fingerprint density at radius 1 is 0.700 bits per heavy atom. The maximum Gasteiger partial charge on any atom is 0.469 e. The molecule has 0 aliphatic heterocycles. The average molecular weight is 725 g/mol. The first-order valence-electron chi connectivity index (χ1n) is 18.3. The summed E-state index contributed by atoms with van der Waals surface area (Å²) in [5.74, 6) is -0.322. The van der Waals surface area contributed by atoms with Gasteiger partial charge in [0.05, 0.1) is 18.8 Å². The van der Waals surface area contributed by atoms with Crippen LogP contribution in [0.2, 0.25) is 0 Å². The predicted octanol–water partition coefficient (Wildman–Crippen LogP) is 8.53. The van der Waals surface area contributed by atoms with Crippen molar-refractivity contribution in [2.45, 2.75) is 142 Å². The van der Waals surface area contributed by atoms with Crippen molar-refractivity contribution < 1.29 is 48.2 Å². The monoisotopic (exact) mass is 724 g/mol. The van der Waals surface area contributed by atoms with E-state index in [0.717, 1.165) is 31.6 Å². The topological polar surface area (TPSA) is 160 Å². The number of allylic oxidation sites excluding steroid dienone is 8. The largest absolute Gasteiger partial charge is 0.469 e. The van der Waals surface area contributed by atoms with Crippen molar-refractivity contribution in [1.82, 2.24) is 0 Å². The van der Waals surface area contributed by atoms with Crippen molar-refractivity contribution in [3.05, 3.63) is 72.9 Å². The summed E-state index contributed by atoms with van der Waals surface area (Å²) in [5, 5.41) is 19.9. The standard InChI is InChI=1S/C39H65O10P/c1-4-5-18-26-35(40)27-20-14-10-8-11-15-21-28-36(41)29-22-17-24-31-39(43)49-37(33-48-50(44,45)46)32-47-38(42)30-23-16-12-7-6-9-13-19-25-34(2)3/h5,10-11,14-15,18,20-22,27-29,34-37,40-41H,4,6-9,12-13,16-17,19,23-26,30-33H2,1-3H3,(H2,44,45,46)/b14-10-,15-11-,18-5-,27-20+,28-21+,29-22-/t35-,36-,37+/m0/s1. The minimum Gasteiger partial charge on any atom is -0.462 e. The highest BCUT2D eigenvalue weighted by Gasteiger charge is 2.22. The van der Waals surface area contributed by atoms with E-state index in [1.54, 1.807) is 30.4 Å². The summed E-state index contributed by atoms with van der Waals surface area (Å²) in [6.07, 6.45) is 32.9. The van der Waals surface area contributed by atoms with Gasteiger partial charge in [-0.1, -0.05) is 145 Å². The number of phosphoric ester groups is 1. The van der Waals surface area contributed by atoms with Gasteiger partial charge in [0.1, 0.15) is 6.61 Å². The van der Waals surface area contributed by atoms with Gasteiger partial charge in [-0.2, -0.15) is 0 Å². The Labute approximate surface area is 301 Å². The minimum atomic E-state index is -4.81. The number of phosphoric acid groups is 1. The number of unbranched alkanes of at least 4 members (excludes halogenated alkanes) is 8. The van der Waals surface area contributed by atoms with Crippen LogP contribution in [-0.2, 0) is 28.2 Å². The van der Waals surface area contributed by atoms with Gasteiger partial charge >= 0.3 is 19.8 Å². The van der Waals surface area contributed by atoms with E-state index >= 15 is 0 Å². The SMILES string of the molecule is CC/C=C\C[C@H](O)/C=C/C=C\C/C=C\C=C\[C@H](O)/C=C\CCCC(=O)O[C@H](COC(=O)CCCCCCCCCCC(C)C)COP(=O)(O)O. The van der Waals surface area contributed by atoms with Gasteiger partial charge in [0, 0.05) is 12.8 Å². The lowest BCUT2D eigenvalue weighted by Crippen LogP contribution is -2.29. The summed E-state index contributed by atoms with van der Waals surface area (Å²) < 4.78 is 26.1. The molecule has 50 heavy (non-hydrogen) atoms. The normalized spacial score (nSPS) is 14.7. The summed E-state index contributed by atoms with van der Waals surface area (Å²) in [5.41, 5.74) is 0. The molecule has 0 unspecified atom stereocenters. The van der Waals surface area contributed by atoms with E-state index in [1.807, 2.05) is 49.5 Å². The van der Waals surface area contributed by atoms with Crippen molar-refractivity contribution in [3.8, 4) is 0 Å². The molecular weight excluding hydrogens is 659 g/mol. The number of aliphatic hydroxyl groups is 2. The van der Waals surface area contributed by atoms with E-state index in [0.29, 0.717) is 32.1 Å². The molecule has 286 valence electrons.